The molecule has 138 valence electrons. The number of likely N-dealkylation sites (tertiary alicyclic amines) is 1. The van der Waals surface area contributed by atoms with E-state index in [2.05, 4.69) is 36.9 Å². The minimum absolute atomic E-state index is 0.0347. The van der Waals surface area contributed by atoms with Gasteiger partial charge >= 0.3 is 5.97 Å². The van der Waals surface area contributed by atoms with Crippen LogP contribution in [0.5, 0.6) is 0 Å². The first-order valence-electron chi connectivity index (χ1n) is 8.85. The number of nitrogens with zero attached hydrogens (tertiary/aromatic N) is 1. The van der Waals surface area contributed by atoms with Gasteiger partial charge in [-0.05, 0) is 62.1 Å². The summed E-state index contributed by atoms with van der Waals surface area (Å²) in [6.07, 6.45) is 1.60. The normalized spacial score (nSPS) is 19.3. The van der Waals surface area contributed by atoms with E-state index in [1.54, 1.807) is 0 Å². The van der Waals surface area contributed by atoms with Gasteiger partial charge in [-0.2, -0.15) is 0 Å². The van der Waals surface area contributed by atoms with Crippen molar-refractivity contribution in [3.8, 4) is 0 Å². The molecule has 2 unspecified atom stereocenters. The van der Waals surface area contributed by atoms with Crippen LogP contribution in [0.4, 0.5) is 0 Å². The lowest BCUT2D eigenvalue weighted by Gasteiger charge is -2.38. The van der Waals surface area contributed by atoms with Crippen LogP contribution in [0.15, 0.2) is 36.4 Å². The Labute approximate surface area is 164 Å². The van der Waals surface area contributed by atoms with Crippen molar-refractivity contribution in [3.63, 3.8) is 0 Å². The van der Waals surface area contributed by atoms with Gasteiger partial charge < -0.3 is 5.11 Å². The summed E-state index contributed by atoms with van der Waals surface area (Å²) in [7, 11) is 0. The third-order valence-electron chi connectivity index (χ3n) is 5.15. The number of hydrogen-bond acceptors (Lipinski definition) is 2. The Morgan fingerprint density at radius 2 is 1.92 bits per heavy atom. The number of rotatable bonds is 4. The summed E-state index contributed by atoms with van der Waals surface area (Å²) in [5.74, 6) is -1.05. The Bertz CT molecular complexity index is 822. The standard InChI is InChI=1S/C21H23Cl2NO2/c1-13-5-7-17(14(2)10-13)20(15-6-8-18(22)19(23)11-15)24-9-3-4-16(12-24)21(25)26/h5-8,10-11,16,20H,3-4,9,12H2,1-2H3,(H,25,26). The summed E-state index contributed by atoms with van der Waals surface area (Å²) >= 11 is 12.4. The van der Waals surface area contributed by atoms with Crippen molar-refractivity contribution >= 4 is 29.2 Å². The number of halogens is 2. The van der Waals surface area contributed by atoms with E-state index >= 15 is 0 Å². The maximum absolute atomic E-state index is 11.5. The molecule has 26 heavy (non-hydrogen) atoms. The fourth-order valence-electron chi connectivity index (χ4n) is 3.84. The van der Waals surface area contributed by atoms with E-state index in [0.29, 0.717) is 16.6 Å². The number of carboxylic acids is 1. The molecular weight excluding hydrogens is 369 g/mol. The SMILES string of the molecule is Cc1ccc(C(c2ccc(Cl)c(Cl)c2)N2CCCC(C(=O)O)C2)c(C)c1. The Morgan fingerprint density at radius 1 is 1.15 bits per heavy atom. The van der Waals surface area contributed by atoms with Crippen molar-refractivity contribution in [2.45, 2.75) is 32.7 Å². The van der Waals surface area contributed by atoms with Gasteiger partial charge in [-0.3, -0.25) is 9.69 Å². The molecule has 0 amide bonds. The molecule has 3 nitrogen and oxygen atoms in total. The number of carboxylic acid groups (broad SMARTS) is 1. The number of hydrogen-bond donors (Lipinski definition) is 1. The lowest BCUT2D eigenvalue weighted by molar-refractivity contribution is -0.143. The van der Waals surface area contributed by atoms with Crippen LogP contribution in [-0.4, -0.2) is 29.1 Å². The average Bonchev–Trinajstić information content (AvgIpc) is 2.60. The highest BCUT2D eigenvalue weighted by atomic mass is 35.5. The average molecular weight is 392 g/mol. The maximum Gasteiger partial charge on any atom is 0.307 e. The van der Waals surface area contributed by atoms with Gasteiger partial charge in [-0.1, -0.05) is 53.0 Å². The number of aryl methyl sites for hydroxylation is 2. The fraction of sp³-hybridized carbons (Fsp3) is 0.381. The van der Waals surface area contributed by atoms with E-state index in [-0.39, 0.29) is 12.0 Å². The molecule has 1 fully saturated rings. The first kappa shape index (κ1) is 19.2. The Hall–Kier alpha value is -1.55. The molecule has 1 saturated heterocycles. The van der Waals surface area contributed by atoms with Gasteiger partial charge in [0.2, 0.25) is 0 Å². The number of aliphatic carboxylic acids is 1. The molecule has 0 spiro atoms. The van der Waals surface area contributed by atoms with Crippen LogP contribution in [0.25, 0.3) is 0 Å². The zero-order valence-electron chi connectivity index (χ0n) is 15.0. The first-order valence-corrected chi connectivity index (χ1v) is 9.61. The van der Waals surface area contributed by atoms with Crippen molar-refractivity contribution in [2.24, 2.45) is 5.92 Å². The van der Waals surface area contributed by atoms with Crippen LogP contribution in [0.1, 0.15) is 41.1 Å². The molecule has 0 bridgehead atoms. The summed E-state index contributed by atoms with van der Waals surface area (Å²) < 4.78 is 0. The summed E-state index contributed by atoms with van der Waals surface area (Å²) in [6.45, 7) is 5.58. The highest BCUT2D eigenvalue weighted by Gasteiger charge is 2.32. The molecule has 1 aliphatic heterocycles. The van der Waals surface area contributed by atoms with Gasteiger partial charge in [0.15, 0.2) is 0 Å². The molecule has 0 aromatic heterocycles. The minimum atomic E-state index is -0.719. The van der Waals surface area contributed by atoms with Gasteiger partial charge in [-0.25, -0.2) is 0 Å². The summed E-state index contributed by atoms with van der Waals surface area (Å²) in [5.41, 5.74) is 4.62. The molecule has 1 aliphatic rings. The third-order valence-corrected chi connectivity index (χ3v) is 5.89. The predicted molar refractivity (Wildman–Crippen MR) is 106 cm³/mol. The van der Waals surface area contributed by atoms with Crippen molar-refractivity contribution in [1.82, 2.24) is 4.90 Å². The van der Waals surface area contributed by atoms with Gasteiger partial charge in [0.25, 0.3) is 0 Å². The van der Waals surface area contributed by atoms with Crippen LogP contribution in [0.2, 0.25) is 10.0 Å². The van der Waals surface area contributed by atoms with Gasteiger partial charge in [0, 0.05) is 6.54 Å². The molecule has 5 heteroatoms. The van der Waals surface area contributed by atoms with E-state index in [1.807, 2.05) is 18.2 Å². The maximum atomic E-state index is 11.5. The zero-order chi connectivity index (χ0) is 18.8. The smallest absolute Gasteiger partial charge is 0.307 e. The Balaban J connectivity index is 2.06. The molecule has 3 rings (SSSR count). The number of piperidine rings is 1. The monoisotopic (exact) mass is 391 g/mol. The molecule has 0 aliphatic carbocycles. The lowest BCUT2D eigenvalue weighted by Crippen LogP contribution is -2.41. The van der Waals surface area contributed by atoms with E-state index < -0.39 is 5.97 Å². The minimum Gasteiger partial charge on any atom is -0.481 e. The molecule has 1 heterocycles. The van der Waals surface area contributed by atoms with Gasteiger partial charge in [-0.15, -0.1) is 0 Å². The molecule has 2 atom stereocenters. The fourth-order valence-corrected chi connectivity index (χ4v) is 4.15. The highest BCUT2D eigenvalue weighted by molar-refractivity contribution is 6.42. The Kier molecular flexibility index (Phi) is 5.91. The number of benzene rings is 2. The Morgan fingerprint density at radius 3 is 2.58 bits per heavy atom. The zero-order valence-corrected chi connectivity index (χ0v) is 16.5. The largest absolute Gasteiger partial charge is 0.481 e. The van der Waals surface area contributed by atoms with E-state index in [0.717, 1.165) is 24.9 Å². The van der Waals surface area contributed by atoms with Crippen molar-refractivity contribution in [1.29, 1.82) is 0 Å². The second kappa shape index (κ2) is 7.99. The molecule has 0 radical (unpaired) electrons. The van der Waals surface area contributed by atoms with Crippen molar-refractivity contribution in [2.75, 3.05) is 13.1 Å². The van der Waals surface area contributed by atoms with E-state index in [1.165, 1.54) is 16.7 Å². The molecular formula is C21H23Cl2NO2. The summed E-state index contributed by atoms with van der Waals surface area (Å²) in [5, 5.41) is 10.5. The second-order valence-electron chi connectivity index (χ2n) is 7.11. The third kappa shape index (κ3) is 4.06. The summed E-state index contributed by atoms with van der Waals surface area (Å²) in [6, 6.07) is 12.1. The predicted octanol–water partition coefficient (Wildman–Crippen LogP) is 5.50. The van der Waals surface area contributed by atoms with Gasteiger partial charge in [0.05, 0.1) is 22.0 Å². The van der Waals surface area contributed by atoms with Crippen LogP contribution in [0, 0.1) is 19.8 Å². The van der Waals surface area contributed by atoms with Gasteiger partial charge in [0.1, 0.15) is 0 Å². The van der Waals surface area contributed by atoms with Crippen LogP contribution < -0.4 is 0 Å². The molecule has 1 N–H and O–H groups in total. The topological polar surface area (TPSA) is 40.5 Å². The summed E-state index contributed by atoms with van der Waals surface area (Å²) in [4.78, 5) is 13.8. The van der Waals surface area contributed by atoms with Crippen molar-refractivity contribution in [3.05, 3.63) is 68.7 Å². The van der Waals surface area contributed by atoms with Crippen LogP contribution in [-0.2, 0) is 4.79 Å². The van der Waals surface area contributed by atoms with Crippen molar-refractivity contribution < 1.29 is 9.90 Å². The quantitative estimate of drug-likeness (QED) is 0.747. The van der Waals surface area contributed by atoms with Crippen LogP contribution in [0.3, 0.4) is 0 Å². The lowest BCUT2D eigenvalue weighted by atomic mass is 9.89. The molecule has 2 aromatic carbocycles. The highest BCUT2D eigenvalue weighted by Crippen LogP contribution is 2.36. The second-order valence-corrected chi connectivity index (χ2v) is 7.92. The first-order chi connectivity index (χ1) is 12.4. The van der Waals surface area contributed by atoms with E-state index in [4.69, 9.17) is 23.2 Å². The van der Waals surface area contributed by atoms with E-state index in [9.17, 15) is 9.90 Å². The number of carbonyl (C=O) groups is 1. The molecule has 2 aromatic rings. The molecule has 0 saturated carbocycles. The van der Waals surface area contributed by atoms with Crippen LogP contribution >= 0.6 is 23.2 Å².